The van der Waals surface area contributed by atoms with Gasteiger partial charge in [0.15, 0.2) is 11.0 Å². The monoisotopic (exact) mass is 389 g/mol. The maximum atomic E-state index is 5.47. The number of thioether (sulfide) groups is 1. The number of nitrogens with zero attached hydrogens (tertiary/aromatic N) is 5. The molecule has 3 heterocycles. The van der Waals surface area contributed by atoms with E-state index in [0.29, 0.717) is 11.9 Å². The highest BCUT2D eigenvalue weighted by atomic mass is 32.2. The molecule has 26 heavy (non-hydrogen) atoms. The zero-order valence-electron chi connectivity index (χ0n) is 15.1. The molecule has 0 amide bonds. The van der Waals surface area contributed by atoms with Crippen LogP contribution in [0, 0.1) is 0 Å². The Hall–Kier alpha value is -1.67. The van der Waals surface area contributed by atoms with Crippen molar-refractivity contribution in [3.63, 3.8) is 0 Å². The summed E-state index contributed by atoms with van der Waals surface area (Å²) in [6.07, 6.45) is 6.35. The molecule has 0 saturated heterocycles. The molecule has 138 valence electrons. The zero-order chi connectivity index (χ0) is 17.9. The molecule has 1 unspecified atom stereocenters. The molecule has 1 fully saturated rings. The van der Waals surface area contributed by atoms with E-state index in [1.807, 2.05) is 0 Å². The second kappa shape index (κ2) is 7.92. The number of aryl methyl sites for hydroxylation is 1. The Bertz CT molecular complexity index is 838. The quantitative estimate of drug-likeness (QED) is 0.488. The van der Waals surface area contributed by atoms with Crippen LogP contribution in [0.4, 0.5) is 0 Å². The molecular weight excluding hydrogens is 366 g/mol. The third-order valence-electron chi connectivity index (χ3n) is 4.43. The minimum atomic E-state index is 0.0640. The van der Waals surface area contributed by atoms with Crippen LogP contribution >= 0.6 is 23.1 Å². The molecule has 1 atom stereocenters. The van der Waals surface area contributed by atoms with Crippen molar-refractivity contribution in [3.8, 4) is 0 Å². The van der Waals surface area contributed by atoms with E-state index in [1.165, 1.54) is 17.7 Å². The minimum Gasteiger partial charge on any atom is -0.338 e. The van der Waals surface area contributed by atoms with Gasteiger partial charge in [-0.15, -0.1) is 21.5 Å². The average Bonchev–Trinajstić information content (AvgIpc) is 3.04. The normalized spacial score (nSPS) is 15.5. The van der Waals surface area contributed by atoms with E-state index < -0.39 is 0 Å². The van der Waals surface area contributed by atoms with Gasteiger partial charge >= 0.3 is 0 Å². The van der Waals surface area contributed by atoms with Gasteiger partial charge in [0.05, 0.1) is 5.25 Å². The highest BCUT2D eigenvalue weighted by molar-refractivity contribution is 7.99. The molecule has 4 rings (SSSR count). The van der Waals surface area contributed by atoms with Gasteiger partial charge in [0.1, 0.15) is 5.82 Å². The molecule has 6 nitrogen and oxygen atoms in total. The van der Waals surface area contributed by atoms with Crippen LogP contribution in [-0.2, 0) is 12.8 Å². The minimum absolute atomic E-state index is 0.0640. The van der Waals surface area contributed by atoms with E-state index >= 15 is 0 Å². The SMILES string of the molecule is CCCCc1noc(C(C)Sc2nnc(Cc3cccs3)n2C2CC2)n1. The zero-order valence-corrected chi connectivity index (χ0v) is 16.7. The molecule has 3 aromatic rings. The van der Waals surface area contributed by atoms with Crippen molar-refractivity contribution >= 4 is 23.1 Å². The largest absolute Gasteiger partial charge is 0.338 e. The molecule has 0 N–H and O–H groups in total. The van der Waals surface area contributed by atoms with Crippen molar-refractivity contribution in [2.24, 2.45) is 0 Å². The predicted molar refractivity (Wildman–Crippen MR) is 103 cm³/mol. The van der Waals surface area contributed by atoms with E-state index in [-0.39, 0.29) is 5.25 Å². The standard InChI is InChI=1S/C18H23N5OS2/c1-3-4-7-15-19-17(24-22-15)12(2)26-18-21-20-16(23(18)13-8-9-13)11-14-6-5-10-25-14/h5-6,10,12-13H,3-4,7-9,11H2,1-2H3. The molecule has 0 radical (unpaired) electrons. The van der Waals surface area contributed by atoms with Crippen LogP contribution in [0.1, 0.15) is 73.2 Å². The number of unbranched alkanes of at least 4 members (excludes halogenated alkanes) is 1. The van der Waals surface area contributed by atoms with Crippen LogP contribution in [0.5, 0.6) is 0 Å². The van der Waals surface area contributed by atoms with Gasteiger partial charge in [-0.2, -0.15) is 4.98 Å². The lowest BCUT2D eigenvalue weighted by molar-refractivity contribution is 0.374. The van der Waals surface area contributed by atoms with Gasteiger partial charge in [0, 0.05) is 23.8 Å². The summed E-state index contributed by atoms with van der Waals surface area (Å²) in [6.45, 7) is 4.25. The first-order valence-electron chi connectivity index (χ1n) is 9.20. The van der Waals surface area contributed by atoms with Crippen molar-refractivity contribution in [1.82, 2.24) is 24.9 Å². The Labute approximate surface area is 161 Å². The smallest absolute Gasteiger partial charge is 0.239 e. The van der Waals surface area contributed by atoms with E-state index in [0.717, 1.165) is 42.5 Å². The molecule has 1 saturated carbocycles. The van der Waals surface area contributed by atoms with Gasteiger partial charge in [0.25, 0.3) is 0 Å². The summed E-state index contributed by atoms with van der Waals surface area (Å²) in [5.74, 6) is 2.53. The summed E-state index contributed by atoms with van der Waals surface area (Å²) in [5, 5.41) is 16.2. The Kier molecular flexibility index (Phi) is 5.40. The van der Waals surface area contributed by atoms with Gasteiger partial charge in [-0.05, 0) is 37.6 Å². The molecule has 0 bridgehead atoms. The molecular formula is C18H23N5OS2. The topological polar surface area (TPSA) is 69.6 Å². The molecule has 1 aliphatic rings. The van der Waals surface area contributed by atoms with Crippen molar-refractivity contribution in [1.29, 1.82) is 0 Å². The fourth-order valence-corrected chi connectivity index (χ4v) is 4.52. The van der Waals surface area contributed by atoms with Gasteiger partial charge in [0.2, 0.25) is 5.89 Å². The van der Waals surface area contributed by atoms with Crippen molar-refractivity contribution in [2.75, 3.05) is 0 Å². The first-order valence-corrected chi connectivity index (χ1v) is 11.0. The van der Waals surface area contributed by atoms with Crippen molar-refractivity contribution < 1.29 is 4.52 Å². The number of hydrogen-bond donors (Lipinski definition) is 0. The molecule has 1 aliphatic carbocycles. The summed E-state index contributed by atoms with van der Waals surface area (Å²) in [4.78, 5) is 5.87. The van der Waals surface area contributed by atoms with E-state index in [1.54, 1.807) is 23.1 Å². The van der Waals surface area contributed by atoms with Crippen LogP contribution in [0.2, 0.25) is 0 Å². The lowest BCUT2D eigenvalue weighted by Gasteiger charge is -2.10. The van der Waals surface area contributed by atoms with Gasteiger partial charge < -0.3 is 9.09 Å². The summed E-state index contributed by atoms with van der Waals surface area (Å²) in [7, 11) is 0. The van der Waals surface area contributed by atoms with Gasteiger partial charge in [-0.1, -0.05) is 36.3 Å². The van der Waals surface area contributed by atoms with Gasteiger partial charge in [-0.25, -0.2) is 0 Å². The highest BCUT2D eigenvalue weighted by Crippen LogP contribution is 2.42. The summed E-state index contributed by atoms with van der Waals surface area (Å²) in [5.41, 5.74) is 0. The maximum absolute atomic E-state index is 5.47. The number of hydrogen-bond acceptors (Lipinski definition) is 7. The fraction of sp³-hybridized carbons (Fsp3) is 0.556. The Morgan fingerprint density at radius 2 is 2.27 bits per heavy atom. The van der Waals surface area contributed by atoms with Gasteiger partial charge in [-0.3, -0.25) is 0 Å². The second-order valence-corrected chi connectivity index (χ2v) is 9.01. The third-order valence-corrected chi connectivity index (χ3v) is 6.35. The first-order chi connectivity index (χ1) is 12.7. The Morgan fingerprint density at radius 3 is 3.00 bits per heavy atom. The highest BCUT2D eigenvalue weighted by Gasteiger charge is 2.31. The lowest BCUT2D eigenvalue weighted by atomic mass is 10.2. The summed E-state index contributed by atoms with van der Waals surface area (Å²) < 4.78 is 7.78. The first kappa shape index (κ1) is 17.7. The second-order valence-electron chi connectivity index (χ2n) is 6.67. The molecule has 0 aromatic carbocycles. The number of aromatic nitrogens is 5. The van der Waals surface area contributed by atoms with E-state index in [9.17, 15) is 0 Å². The van der Waals surface area contributed by atoms with Crippen LogP contribution in [0.3, 0.4) is 0 Å². The van der Waals surface area contributed by atoms with Crippen molar-refractivity contribution in [3.05, 3.63) is 39.9 Å². The van der Waals surface area contributed by atoms with E-state index in [4.69, 9.17) is 4.52 Å². The number of rotatable bonds is 9. The average molecular weight is 390 g/mol. The number of thiophene rings is 1. The third kappa shape index (κ3) is 4.01. The maximum Gasteiger partial charge on any atom is 0.239 e. The summed E-state index contributed by atoms with van der Waals surface area (Å²) in [6, 6.07) is 4.78. The Balaban J connectivity index is 1.49. The predicted octanol–water partition coefficient (Wildman–Crippen LogP) is 4.84. The van der Waals surface area contributed by atoms with Crippen LogP contribution < -0.4 is 0 Å². The molecule has 0 spiro atoms. The molecule has 0 aliphatic heterocycles. The fourth-order valence-electron chi connectivity index (χ4n) is 2.85. The summed E-state index contributed by atoms with van der Waals surface area (Å²) >= 11 is 3.43. The molecule has 8 heteroatoms. The Morgan fingerprint density at radius 1 is 1.38 bits per heavy atom. The van der Waals surface area contributed by atoms with E-state index in [2.05, 4.69) is 56.3 Å². The van der Waals surface area contributed by atoms with Crippen molar-refractivity contribution in [2.45, 2.75) is 68.8 Å². The lowest BCUT2D eigenvalue weighted by Crippen LogP contribution is -2.04. The van der Waals surface area contributed by atoms with Crippen LogP contribution in [0.25, 0.3) is 0 Å². The van der Waals surface area contributed by atoms with Crippen LogP contribution in [-0.4, -0.2) is 24.9 Å². The molecule has 3 aromatic heterocycles. The van der Waals surface area contributed by atoms with Crippen LogP contribution in [0.15, 0.2) is 27.2 Å².